The van der Waals surface area contributed by atoms with Gasteiger partial charge in [0.25, 0.3) is 8.32 Å². The molecule has 0 amide bonds. The summed E-state index contributed by atoms with van der Waals surface area (Å²) in [5, 5.41) is 2.30. The van der Waals surface area contributed by atoms with E-state index in [4.69, 9.17) is 28.1 Å². The SMILES string of the molecule is C=CCCCOC1(c2ccccc2)OC2OC(CO[Si](c3ccccc3)(c3ccccc3)C(C)(C)C)C(OCCCC)C2O1. The Morgan fingerprint density at radius 2 is 1.45 bits per heavy atom. The largest absolute Gasteiger partial charge is 0.405 e. The van der Waals surface area contributed by atoms with Gasteiger partial charge in [-0.15, -0.1) is 6.58 Å². The predicted octanol–water partition coefficient (Wildman–Crippen LogP) is 6.68. The van der Waals surface area contributed by atoms with E-state index in [-0.39, 0.29) is 17.2 Å². The van der Waals surface area contributed by atoms with Gasteiger partial charge < -0.3 is 23.4 Å². The van der Waals surface area contributed by atoms with Crippen molar-refractivity contribution in [3.05, 3.63) is 109 Å². The molecule has 3 aromatic rings. The van der Waals surface area contributed by atoms with Gasteiger partial charge >= 0.3 is 5.97 Å². The first-order valence-electron chi connectivity index (χ1n) is 16.0. The second-order valence-electron chi connectivity index (χ2n) is 12.6. The predicted molar refractivity (Wildman–Crippen MR) is 176 cm³/mol. The van der Waals surface area contributed by atoms with Crippen molar-refractivity contribution in [2.45, 2.75) is 89.0 Å². The molecule has 5 atom stereocenters. The molecule has 2 fully saturated rings. The van der Waals surface area contributed by atoms with Gasteiger partial charge in [0.15, 0.2) is 6.29 Å². The van der Waals surface area contributed by atoms with E-state index in [1.165, 1.54) is 10.4 Å². The molecular weight excluding hydrogens is 568 g/mol. The molecule has 0 spiro atoms. The van der Waals surface area contributed by atoms with Crippen molar-refractivity contribution >= 4 is 18.7 Å². The molecular formula is C37H48O6Si. The maximum Gasteiger partial charge on any atom is 0.314 e. The maximum absolute atomic E-state index is 7.26. The van der Waals surface area contributed by atoms with Crippen molar-refractivity contribution in [3.8, 4) is 0 Å². The van der Waals surface area contributed by atoms with E-state index in [1.54, 1.807) is 0 Å². The molecule has 6 nitrogen and oxygen atoms in total. The number of benzene rings is 3. The third kappa shape index (κ3) is 6.80. The molecule has 2 saturated heterocycles. The minimum atomic E-state index is -2.78. The number of hydrogen-bond donors (Lipinski definition) is 0. The Labute approximate surface area is 264 Å². The maximum atomic E-state index is 7.26. The van der Waals surface area contributed by atoms with E-state index < -0.39 is 26.7 Å². The number of rotatable bonds is 15. The number of ether oxygens (including phenoxy) is 5. The molecule has 5 unspecified atom stereocenters. The third-order valence-corrected chi connectivity index (χ3v) is 13.5. The fraction of sp³-hybridized carbons (Fsp3) is 0.459. The fourth-order valence-corrected chi connectivity index (χ4v) is 10.9. The highest BCUT2D eigenvalue weighted by Gasteiger charge is 2.61. The Hall–Kier alpha value is -2.62. The van der Waals surface area contributed by atoms with E-state index in [0.717, 1.165) is 31.2 Å². The highest BCUT2D eigenvalue weighted by atomic mass is 28.4. The van der Waals surface area contributed by atoms with Gasteiger partial charge in [0, 0.05) is 12.2 Å². The van der Waals surface area contributed by atoms with Crippen LogP contribution < -0.4 is 10.4 Å². The Bertz CT molecular complexity index is 1260. The standard InChI is InChI=1S/C37H48O6Si/c1-6-8-19-27-39-37(29-20-13-10-14-21-29)42-34-33(38-26-9-7-2)32(41-35(34)43-37)28-40-44(36(3,4)5,30-22-15-11-16-23-30)31-24-17-12-18-25-31/h6,10-18,20-25,32-35H,1,7-9,19,26-28H2,2-5H3. The van der Waals surface area contributed by atoms with Crippen molar-refractivity contribution in [2.75, 3.05) is 19.8 Å². The highest BCUT2D eigenvalue weighted by Crippen LogP contribution is 2.46. The first kappa shape index (κ1) is 32.8. The summed E-state index contributed by atoms with van der Waals surface area (Å²) >= 11 is 0. The summed E-state index contributed by atoms with van der Waals surface area (Å²) in [6.07, 6.45) is 3.63. The van der Waals surface area contributed by atoms with E-state index in [2.05, 4.69) is 94.9 Å². The molecule has 0 bridgehead atoms. The molecule has 0 radical (unpaired) electrons. The van der Waals surface area contributed by atoms with Gasteiger partial charge in [0.2, 0.25) is 0 Å². The lowest BCUT2D eigenvalue weighted by molar-refractivity contribution is -0.377. The van der Waals surface area contributed by atoms with Crippen molar-refractivity contribution in [2.24, 2.45) is 0 Å². The van der Waals surface area contributed by atoms with Crippen LogP contribution in [-0.4, -0.2) is 52.7 Å². The van der Waals surface area contributed by atoms with E-state index in [9.17, 15) is 0 Å². The van der Waals surface area contributed by atoms with Gasteiger partial charge in [-0.2, -0.15) is 0 Å². The van der Waals surface area contributed by atoms with Crippen molar-refractivity contribution in [1.29, 1.82) is 0 Å². The lowest BCUT2D eigenvalue weighted by atomic mass is 10.1. The Kier molecular flexibility index (Phi) is 10.9. The molecule has 0 saturated carbocycles. The van der Waals surface area contributed by atoms with Crippen LogP contribution >= 0.6 is 0 Å². The first-order chi connectivity index (χ1) is 21.3. The molecule has 0 aliphatic carbocycles. The summed E-state index contributed by atoms with van der Waals surface area (Å²) in [5.41, 5.74) is 0.795. The summed E-state index contributed by atoms with van der Waals surface area (Å²) in [4.78, 5) is 0. The lowest BCUT2D eigenvalue weighted by Crippen LogP contribution is -2.67. The summed E-state index contributed by atoms with van der Waals surface area (Å²) in [6, 6.07) is 31.1. The highest BCUT2D eigenvalue weighted by molar-refractivity contribution is 6.99. The van der Waals surface area contributed by atoms with Gasteiger partial charge in [0.05, 0.1) is 13.2 Å². The number of fused-ring (bicyclic) bond motifs is 1. The normalized spacial score (nSPS) is 25.2. The van der Waals surface area contributed by atoms with Crippen LogP contribution in [0.2, 0.25) is 5.04 Å². The minimum Gasteiger partial charge on any atom is -0.405 e. The van der Waals surface area contributed by atoms with Crippen molar-refractivity contribution in [3.63, 3.8) is 0 Å². The number of unbranched alkanes of at least 4 members (excludes halogenated alkanes) is 2. The van der Waals surface area contributed by atoms with E-state index in [1.807, 2.05) is 36.4 Å². The average molecular weight is 617 g/mol. The lowest BCUT2D eigenvalue weighted by Gasteiger charge is -2.43. The van der Waals surface area contributed by atoms with Crippen molar-refractivity contribution in [1.82, 2.24) is 0 Å². The summed E-state index contributed by atoms with van der Waals surface area (Å²) in [5.74, 6) is -1.37. The van der Waals surface area contributed by atoms with Crippen LogP contribution in [0.5, 0.6) is 0 Å². The minimum absolute atomic E-state index is 0.155. The van der Waals surface area contributed by atoms with Crippen LogP contribution in [0.4, 0.5) is 0 Å². The quantitative estimate of drug-likeness (QED) is 0.108. The van der Waals surface area contributed by atoms with E-state index >= 15 is 0 Å². The zero-order chi connectivity index (χ0) is 31.0. The molecule has 2 aliphatic rings. The van der Waals surface area contributed by atoms with Crippen LogP contribution in [0.15, 0.2) is 104 Å². The summed E-state index contributed by atoms with van der Waals surface area (Å²) in [6.45, 7) is 14.2. The molecule has 5 rings (SSSR count). The smallest absolute Gasteiger partial charge is 0.314 e. The monoisotopic (exact) mass is 616 g/mol. The molecule has 2 aliphatic heterocycles. The average Bonchev–Trinajstić information content (AvgIpc) is 3.56. The molecule has 0 N–H and O–H groups in total. The third-order valence-electron chi connectivity index (χ3n) is 8.49. The molecule has 0 aromatic heterocycles. The molecule has 7 heteroatoms. The summed E-state index contributed by atoms with van der Waals surface area (Å²) in [7, 11) is -2.78. The summed E-state index contributed by atoms with van der Waals surface area (Å²) < 4.78 is 40.1. The molecule has 3 aromatic carbocycles. The van der Waals surface area contributed by atoms with Crippen molar-refractivity contribution < 1.29 is 28.1 Å². The second kappa shape index (κ2) is 14.6. The first-order valence-corrected chi connectivity index (χ1v) is 17.9. The number of hydrogen-bond acceptors (Lipinski definition) is 6. The van der Waals surface area contributed by atoms with Crippen LogP contribution in [-0.2, 0) is 34.1 Å². The van der Waals surface area contributed by atoms with Gasteiger partial charge in [-0.1, -0.05) is 131 Å². The number of allylic oxidation sites excluding steroid dienone is 1. The Morgan fingerprint density at radius 1 is 0.841 bits per heavy atom. The van der Waals surface area contributed by atoms with Crippen LogP contribution in [0.25, 0.3) is 0 Å². The van der Waals surface area contributed by atoms with E-state index in [0.29, 0.717) is 19.8 Å². The second-order valence-corrected chi connectivity index (χ2v) is 16.9. The zero-order valence-corrected chi connectivity index (χ0v) is 27.7. The van der Waals surface area contributed by atoms with Crippen LogP contribution in [0, 0.1) is 0 Å². The fourth-order valence-electron chi connectivity index (χ4n) is 6.30. The Balaban J connectivity index is 1.43. The topological polar surface area (TPSA) is 55.4 Å². The van der Waals surface area contributed by atoms with Gasteiger partial charge in [-0.05, 0) is 34.7 Å². The van der Waals surface area contributed by atoms with Crippen LogP contribution in [0.3, 0.4) is 0 Å². The Morgan fingerprint density at radius 3 is 2.02 bits per heavy atom. The zero-order valence-electron chi connectivity index (χ0n) is 26.7. The van der Waals surface area contributed by atoms with Gasteiger partial charge in [-0.3, -0.25) is 4.74 Å². The van der Waals surface area contributed by atoms with Crippen LogP contribution in [0.1, 0.15) is 58.9 Å². The molecule has 2 heterocycles. The molecule has 44 heavy (non-hydrogen) atoms. The molecule has 236 valence electrons. The van der Waals surface area contributed by atoms with Gasteiger partial charge in [0.1, 0.15) is 18.3 Å². The van der Waals surface area contributed by atoms with Gasteiger partial charge in [-0.25, -0.2) is 0 Å².